The van der Waals surface area contributed by atoms with Gasteiger partial charge in [-0.05, 0) is 6.92 Å². The predicted octanol–water partition coefficient (Wildman–Crippen LogP) is -0.891. The predicted molar refractivity (Wildman–Crippen MR) is 46.1 cm³/mol. The smallest absolute Gasteiger partial charge is 1.00 e. The Morgan fingerprint density at radius 3 is 2.00 bits per heavy atom. The van der Waals surface area contributed by atoms with Gasteiger partial charge in [-0.2, -0.15) is 24.6 Å². The standard InChI is InChI=1S/C9H11.BrH.Mg/c1-7-4-5-8(2)9(3)6-7;;/h4-6H,1H2,2-3H3;1H;/q-1;;+2/p-1. The van der Waals surface area contributed by atoms with Gasteiger partial charge in [-0.3, -0.25) is 0 Å². The van der Waals surface area contributed by atoms with E-state index >= 15 is 0 Å². The third-order valence-electron chi connectivity index (χ3n) is 1.57. The molecule has 0 atom stereocenters. The average Bonchev–Trinajstić information content (AvgIpc) is 1.80. The van der Waals surface area contributed by atoms with Crippen LogP contribution in [0.4, 0.5) is 0 Å². The fraction of sp³-hybridized carbons (Fsp3) is 0.222. The van der Waals surface area contributed by atoms with Crippen LogP contribution in [0, 0.1) is 20.8 Å². The number of aryl methyl sites for hydroxylation is 2. The van der Waals surface area contributed by atoms with Crippen LogP contribution in [0.5, 0.6) is 0 Å². The zero-order valence-electron chi connectivity index (χ0n) is 7.02. The molecule has 0 aromatic heterocycles. The summed E-state index contributed by atoms with van der Waals surface area (Å²) in [5.41, 5.74) is 3.75. The maximum atomic E-state index is 3.82. The van der Waals surface area contributed by atoms with Gasteiger partial charge in [0.15, 0.2) is 0 Å². The third kappa shape index (κ3) is 4.04. The van der Waals surface area contributed by atoms with Gasteiger partial charge in [0.1, 0.15) is 0 Å². The first kappa shape index (κ1) is 13.9. The van der Waals surface area contributed by atoms with Gasteiger partial charge >= 0.3 is 23.1 Å². The molecule has 0 saturated heterocycles. The number of hydrogen-bond donors (Lipinski definition) is 0. The summed E-state index contributed by atoms with van der Waals surface area (Å²) in [4.78, 5) is 0. The number of rotatable bonds is 0. The summed E-state index contributed by atoms with van der Waals surface area (Å²) in [6.45, 7) is 8.03. The molecular weight excluding hydrogens is 212 g/mol. The molecule has 1 rings (SSSR count). The summed E-state index contributed by atoms with van der Waals surface area (Å²) in [7, 11) is 0. The first-order valence-corrected chi connectivity index (χ1v) is 3.09. The third-order valence-corrected chi connectivity index (χ3v) is 1.57. The summed E-state index contributed by atoms with van der Waals surface area (Å²) in [5, 5.41) is 0. The van der Waals surface area contributed by atoms with E-state index in [2.05, 4.69) is 32.9 Å². The van der Waals surface area contributed by atoms with E-state index < -0.39 is 0 Å². The van der Waals surface area contributed by atoms with Gasteiger partial charge in [0, 0.05) is 0 Å². The number of hydrogen-bond acceptors (Lipinski definition) is 0. The Morgan fingerprint density at radius 1 is 1.09 bits per heavy atom. The molecule has 11 heavy (non-hydrogen) atoms. The van der Waals surface area contributed by atoms with E-state index in [4.69, 9.17) is 0 Å². The summed E-state index contributed by atoms with van der Waals surface area (Å²) >= 11 is 0. The van der Waals surface area contributed by atoms with Crippen LogP contribution in [0.1, 0.15) is 16.7 Å². The summed E-state index contributed by atoms with van der Waals surface area (Å²) in [6.07, 6.45) is 0. The van der Waals surface area contributed by atoms with Crippen LogP contribution in [0.15, 0.2) is 18.2 Å². The van der Waals surface area contributed by atoms with E-state index in [1.807, 2.05) is 6.07 Å². The van der Waals surface area contributed by atoms with E-state index in [9.17, 15) is 0 Å². The normalized spacial score (nSPS) is 7.82. The molecule has 0 saturated carbocycles. The maximum Gasteiger partial charge on any atom is 2.00 e. The van der Waals surface area contributed by atoms with Crippen LogP contribution in [0.3, 0.4) is 0 Å². The maximum absolute atomic E-state index is 3.82. The molecule has 0 amide bonds. The van der Waals surface area contributed by atoms with E-state index in [0.717, 1.165) is 5.56 Å². The molecule has 0 aliphatic rings. The van der Waals surface area contributed by atoms with Crippen molar-refractivity contribution in [1.82, 2.24) is 0 Å². The largest absolute Gasteiger partial charge is 2.00 e. The summed E-state index contributed by atoms with van der Waals surface area (Å²) < 4.78 is 0. The molecule has 0 radical (unpaired) electrons. The first-order chi connectivity index (χ1) is 4.20. The number of benzene rings is 1. The Morgan fingerprint density at radius 2 is 1.64 bits per heavy atom. The second-order valence-electron chi connectivity index (χ2n) is 2.42. The topological polar surface area (TPSA) is 0 Å². The van der Waals surface area contributed by atoms with Crippen LogP contribution in [0.2, 0.25) is 0 Å². The molecule has 2 heteroatoms. The quantitative estimate of drug-likeness (QED) is 0.395. The minimum absolute atomic E-state index is 0. The molecule has 0 bridgehead atoms. The van der Waals surface area contributed by atoms with Crippen molar-refractivity contribution in [1.29, 1.82) is 0 Å². The van der Waals surface area contributed by atoms with Gasteiger partial charge in [0.25, 0.3) is 0 Å². The van der Waals surface area contributed by atoms with Crippen molar-refractivity contribution < 1.29 is 17.0 Å². The van der Waals surface area contributed by atoms with E-state index in [1.165, 1.54) is 11.1 Å². The van der Waals surface area contributed by atoms with Gasteiger partial charge in [-0.1, -0.05) is 12.5 Å². The monoisotopic (exact) mass is 222 g/mol. The molecule has 0 spiro atoms. The molecule has 0 heterocycles. The van der Waals surface area contributed by atoms with Gasteiger partial charge < -0.3 is 17.0 Å². The summed E-state index contributed by atoms with van der Waals surface area (Å²) in [6, 6.07) is 6.22. The molecule has 0 unspecified atom stereocenters. The van der Waals surface area contributed by atoms with E-state index in [1.54, 1.807) is 0 Å². The van der Waals surface area contributed by atoms with Crippen LogP contribution < -0.4 is 17.0 Å². The van der Waals surface area contributed by atoms with Crippen LogP contribution in [0.25, 0.3) is 0 Å². The Hall–Kier alpha value is 0.336. The Kier molecular flexibility index (Phi) is 7.48. The fourth-order valence-corrected chi connectivity index (χ4v) is 0.804. The van der Waals surface area contributed by atoms with Crippen LogP contribution >= 0.6 is 0 Å². The fourth-order valence-electron chi connectivity index (χ4n) is 0.804. The van der Waals surface area contributed by atoms with Crippen molar-refractivity contribution in [2.75, 3.05) is 0 Å². The molecule has 0 fully saturated rings. The molecule has 0 N–H and O–H groups in total. The zero-order chi connectivity index (χ0) is 6.85. The first-order valence-electron chi connectivity index (χ1n) is 3.09. The molecule has 56 valence electrons. The van der Waals surface area contributed by atoms with E-state index in [-0.39, 0.29) is 40.0 Å². The molecule has 0 nitrogen and oxygen atoms in total. The molecule has 1 aromatic carbocycles. The number of halogens is 1. The Bertz CT molecular complexity index is 221. The van der Waals surface area contributed by atoms with E-state index in [0.29, 0.717) is 0 Å². The van der Waals surface area contributed by atoms with Crippen molar-refractivity contribution in [3.05, 3.63) is 41.8 Å². The molecule has 0 aliphatic carbocycles. The summed E-state index contributed by atoms with van der Waals surface area (Å²) in [5.74, 6) is 0. The van der Waals surface area contributed by atoms with Crippen molar-refractivity contribution in [2.45, 2.75) is 13.8 Å². The zero-order valence-corrected chi connectivity index (χ0v) is 10.0. The Balaban J connectivity index is 0. The van der Waals surface area contributed by atoms with Gasteiger partial charge in [0.05, 0.1) is 0 Å². The van der Waals surface area contributed by atoms with Crippen molar-refractivity contribution in [3.63, 3.8) is 0 Å². The minimum atomic E-state index is 0. The van der Waals surface area contributed by atoms with Crippen molar-refractivity contribution in [3.8, 4) is 0 Å². The molecule has 1 aromatic rings. The van der Waals surface area contributed by atoms with Gasteiger partial charge in [-0.25, -0.2) is 0 Å². The second-order valence-corrected chi connectivity index (χ2v) is 2.42. The second kappa shape index (κ2) is 5.92. The average molecular weight is 223 g/mol. The van der Waals surface area contributed by atoms with Crippen molar-refractivity contribution >= 4 is 23.1 Å². The van der Waals surface area contributed by atoms with Gasteiger partial charge in [0.2, 0.25) is 0 Å². The SMILES string of the molecule is [Br-].[CH2-]c1ccc(C)c(C)c1.[Mg+2]. The van der Waals surface area contributed by atoms with Crippen LogP contribution in [-0.4, -0.2) is 23.1 Å². The molecule has 0 aliphatic heterocycles. The van der Waals surface area contributed by atoms with Crippen LogP contribution in [-0.2, 0) is 0 Å². The van der Waals surface area contributed by atoms with Gasteiger partial charge in [-0.15, -0.1) is 11.6 Å². The van der Waals surface area contributed by atoms with Crippen molar-refractivity contribution in [2.24, 2.45) is 0 Å². The minimum Gasteiger partial charge on any atom is -1.00 e. The Labute approximate surface area is 95.3 Å². The molecular formula is C9H11BrMg.